The van der Waals surface area contributed by atoms with E-state index in [1.54, 1.807) is 11.9 Å². The normalized spacial score (nSPS) is 24.5. The number of nitrogens with zero attached hydrogens (tertiary/aromatic N) is 2. The van der Waals surface area contributed by atoms with Crippen LogP contribution in [0.3, 0.4) is 0 Å². The number of ether oxygens (including phenoxy) is 1. The van der Waals surface area contributed by atoms with Crippen molar-refractivity contribution < 1.29 is 23.5 Å². The zero-order valence-corrected chi connectivity index (χ0v) is 15.0. The zero-order chi connectivity index (χ0) is 19.2. The number of hydrogen-bond acceptors (Lipinski definition) is 4. The molecule has 0 aliphatic carbocycles. The van der Waals surface area contributed by atoms with Crippen LogP contribution in [0.1, 0.15) is 24.8 Å². The molecule has 2 saturated heterocycles. The summed E-state index contributed by atoms with van der Waals surface area (Å²) in [5, 5.41) is 5.42. The molecular weight excluding hydrogens is 355 g/mol. The smallest absolute Gasteiger partial charge is 0.410 e. The van der Waals surface area contributed by atoms with E-state index in [4.69, 9.17) is 4.74 Å². The molecule has 1 aromatic carbocycles. The van der Waals surface area contributed by atoms with Gasteiger partial charge in [0.1, 0.15) is 11.4 Å². The second-order valence-corrected chi connectivity index (χ2v) is 7.40. The number of carbonyl (C=O) groups is 3. The number of hydrogen-bond donors (Lipinski definition) is 2. The summed E-state index contributed by atoms with van der Waals surface area (Å²) in [5.74, 6) is -0.635. The highest BCUT2D eigenvalue weighted by Gasteiger charge is 2.47. The van der Waals surface area contributed by atoms with Gasteiger partial charge in [0.25, 0.3) is 0 Å². The Morgan fingerprint density at radius 2 is 2.11 bits per heavy atom. The van der Waals surface area contributed by atoms with Crippen LogP contribution in [0, 0.1) is 5.82 Å². The Kier molecular flexibility index (Phi) is 4.16. The van der Waals surface area contributed by atoms with Crippen LogP contribution in [0.5, 0.6) is 0 Å². The Bertz CT molecular complexity index is 830. The average molecular weight is 376 g/mol. The molecular formula is C18H21FN4O4. The van der Waals surface area contributed by atoms with Crippen molar-refractivity contribution in [2.45, 2.75) is 31.3 Å². The molecule has 8 nitrogen and oxygen atoms in total. The number of likely N-dealkylation sites (tertiary alicyclic amines) is 1. The number of urea groups is 1. The fourth-order valence-corrected chi connectivity index (χ4v) is 4.03. The van der Waals surface area contributed by atoms with E-state index >= 15 is 0 Å². The van der Waals surface area contributed by atoms with Crippen LogP contribution in [-0.4, -0.2) is 60.1 Å². The van der Waals surface area contributed by atoms with Crippen molar-refractivity contribution in [1.29, 1.82) is 0 Å². The Hall–Kier alpha value is -2.84. The van der Waals surface area contributed by atoms with Crippen molar-refractivity contribution in [1.82, 2.24) is 9.80 Å². The Labute approximate surface area is 155 Å². The van der Waals surface area contributed by atoms with Crippen molar-refractivity contribution in [3.8, 4) is 0 Å². The number of anilines is 2. The SMILES string of the molecule is CN1C[C@]2(CCCN(C(=O)Nc3cc(F)cc4c3NC(=O)CC4)C2)OC1=O. The molecule has 0 unspecified atom stereocenters. The minimum absolute atomic E-state index is 0.164. The molecule has 144 valence electrons. The number of amides is 4. The van der Waals surface area contributed by atoms with E-state index in [9.17, 15) is 18.8 Å². The minimum Gasteiger partial charge on any atom is -0.439 e. The lowest BCUT2D eigenvalue weighted by molar-refractivity contribution is -0.116. The first kappa shape index (κ1) is 17.6. The molecule has 4 rings (SSSR count). The monoisotopic (exact) mass is 376 g/mol. The van der Waals surface area contributed by atoms with Crippen molar-refractivity contribution in [3.05, 3.63) is 23.5 Å². The van der Waals surface area contributed by atoms with Crippen LogP contribution in [0.4, 0.5) is 25.4 Å². The Balaban J connectivity index is 1.52. The van der Waals surface area contributed by atoms with Gasteiger partial charge in [0.15, 0.2) is 0 Å². The molecule has 2 N–H and O–H groups in total. The molecule has 0 radical (unpaired) electrons. The summed E-state index contributed by atoms with van der Waals surface area (Å²) < 4.78 is 19.4. The molecule has 1 spiro atoms. The fraction of sp³-hybridized carbons (Fsp3) is 0.500. The number of aryl methyl sites for hydroxylation is 1. The van der Waals surface area contributed by atoms with Crippen LogP contribution >= 0.6 is 0 Å². The van der Waals surface area contributed by atoms with Gasteiger partial charge in [0.05, 0.1) is 24.5 Å². The van der Waals surface area contributed by atoms with Crippen molar-refractivity contribution in [3.63, 3.8) is 0 Å². The summed E-state index contributed by atoms with van der Waals surface area (Å²) in [4.78, 5) is 39.3. The van der Waals surface area contributed by atoms with Crippen molar-refractivity contribution in [2.75, 3.05) is 37.3 Å². The highest BCUT2D eigenvalue weighted by Crippen LogP contribution is 2.34. The summed E-state index contributed by atoms with van der Waals surface area (Å²) in [6, 6.07) is 2.16. The predicted octanol–water partition coefficient (Wildman–Crippen LogP) is 2.16. The second-order valence-electron chi connectivity index (χ2n) is 7.40. The molecule has 0 aromatic heterocycles. The molecule has 4 amide bonds. The Morgan fingerprint density at radius 1 is 1.30 bits per heavy atom. The van der Waals surface area contributed by atoms with E-state index in [1.807, 2.05) is 0 Å². The number of benzene rings is 1. The van der Waals surface area contributed by atoms with E-state index in [0.29, 0.717) is 43.6 Å². The molecule has 3 aliphatic heterocycles. The highest BCUT2D eigenvalue weighted by atomic mass is 19.1. The van der Waals surface area contributed by atoms with Gasteiger partial charge in [-0.15, -0.1) is 0 Å². The predicted molar refractivity (Wildman–Crippen MR) is 95.0 cm³/mol. The number of piperidine rings is 1. The van der Waals surface area contributed by atoms with Gasteiger partial charge in [-0.25, -0.2) is 14.0 Å². The lowest BCUT2D eigenvalue weighted by Crippen LogP contribution is -2.53. The maximum Gasteiger partial charge on any atom is 0.410 e. The average Bonchev–Trinajstić information content (AvgIpc) is 2.88. The van der Waals surface area contributed by atoms with Crippen molar-refractivity contribution >= 4 is 29.4 Å². The summed E-state index contributed by atoms with van der Waals surface area (Å²) >= 11 is 0. The molecule has 9 heteroatoms. The number of nitrogens with one attached hydrogen (secondary N) is 2. The quantitative estimate of drug-likeness (QED) is 0.786. The third kappa shape index (κ3) is 3.29. The summed E-state index contributed by atoms with van der Waals surface area (Å²) in [5.41, 5.74) is 0.645. The third-order valence-corrected chi connectivity index (χ3v) is 5.28. The Morgan fingerprint density at radius 3 is 2.85 bits per heavy atom. The van der Waals surface area contributed by atoms with Gasteiger partial charge in [-0.2, -0.15) is 0 Å². The van der Waals surface area contributed by atoms with Gasteiger partial charge in [-0.1, -0.05) is 0 Å². The van der Waals surface area contributed by atoms with E-state index in [1.165, 1.54) is 17.0 Å². The summed E-state index contributed by atoms with van der Waals surface area (Å²) in [7, 11) is 1.66. The standard InChI is InChI=1S/C18H21FN4O4/c1-22-9-18(27-17(22)26)5-2-6-23(10-18)16(25)20-13-8-12(19)7-11-3-4-14(24)21-15(11)13/h7-8H,2-6,9-10H2,1H3,(H,20,25)(H,21,24)/t18-/m0/s1. The molecule has 1 atom stereocenters. The molecule has 0 saturated carbocycles. The van der Waals surface area contributed by atoms with Gasteiger partial charge in [-0.05, 0) is 37.0 Å². The second kappa shape index (κ2) is 6.40. The van der Waals surface area contributed by atoms with Crippen molar-refractivity contribution in [2.24, 2.45) is 0 Å². The summed E-state index contributed by atoms with van der Waals surface area (Å²) in [6.07, 6.45) is 1.72. The van der Waals surface area contributed by atoms with Gasteiger partial charge in [0.2, 0.25) is 5.91 Å². The first-order valence-corrected chi connectivity index (χ1v) is 8.98. The minimum atomic E-state index is -0.697. The fourth-order valence-electron chi connectivity index (χ4n) is 4.03. The number of rotatable bonds is 1. The first-order chi connectivity index (χ1) is 12.8. The van der Waals surface area contributed by atoms with E-state index in [-0.39, 0.29) is 30.7 Å². The molecule has 3 aliphatic rings. The van der Waals surface area contributed by atoms with Crippen LogP contribution in [0.15, 0.2) is 12.1 Å². The summed E-state index contributed by atoms with van der Waals surface area (Å²) in [6.45, 7) is 1.22. The number of fused-ring (bicyclic) bond motifs is 1. The maximum atomic E-state index is 13.9. The van der Waals surface area contributed by atoms with E-state index in [0.717, 1.165) is 0 Å². The molecule has 2 fully saturated rings. The van der Waals surface area contributed by atoms with E-state index < -0.39 is 17.4 Å². The number of halogens is 1. The van der Waals surface area contributed by atoms with Crippen LogP contribution < -0.4 is 10.6 Å². The van der Waals surface area contributed by atoms with Crippen LogP contribution in [0.2, 0.25) is 0 Å². The van der Waals surface area contributed by atoms with Gasteiger partial charge >= 0.3 is 12.1 Å². The van der Waals surface area contributed by atoms with Crippen LogP contribution in [-0.2, 0) is 16.0 Å². The lowest BCUT2D eigenvalue weighted by atomic mass is 9.93. The van der Waals surface area contributed by atoms with Gasteiger partial charge in [0, 0.05) is 20.0 Å². The molecule has 0 bridgehead atoms. The first-order valence-electron chi connectivity index (χ1n) is 8.98. The highest BCUT2D eigenvalue weighted by molar-refractivity contribution is 6.01. The molecule has 27 heavy (non-hydrogen) atoms. The van der Waals surface area contributed by atoms with E-state index in [2.05, 4.69) is 10.6 Å². The topological polar surface area (TPSA) is 91.0 Å². The van der Waals surface area contributed by atoms with Gasteiger partial charge < -0.3 is 25.2 Å². The lowest BCUT2D eigenvalue weighted by Gasteiger charge is -2.38. The number of carbonyl (C=O) groups excluding carboxylic acids is 3. The van der Waals surface area contributed by atoms with Crippen LogP contribution in [0.25, 0.3) is 0 Å². The molecule has 1 aromatic rings. The van der Waals surface area contributed by atoms with Gasteiger partial charge in [-0.3, -0.25) is 4.79 Å². The third-order valence-electron chi connectivity index (χ3n) is 5.28. The zero-order valence-electron chi connectivity index (χ0n) is 15.0. The largest absolute Gasteiger partial charge is 0.439 e. The molecule has 3 heterocycles. The maximum absolute atomic E-state index is 13.9. The number of likely N-dealkylation sites (N-methyl/N-ethyl adjacent to an activating group) is 1.